The summed E-state index contributed by atoms with van der Waals surface area (Å²) >= 11 is 0. The molecule has 0 bridgehead atoms. The summed E-state index contributed by atoms with van der Waals surface area (Å²) in [5, 5.41) is 0. The van der Waals surface area contributed by atoms with Gasteiger partial charge in [0.2, 0.25) is 0 Å². The van der Waals surface area contributed by atoms with E-state index in [0.29, 0.717) is 12.3 Å². The molecule has 0 saturated carbocycles. The summed E-state index contributed by atoms with van der Waals surface area (Å²) in [4.78, 5) is 12.3. The van der Waals surface area contributed by atoms with E-state index in [1.165, 1.54) is 5.56 Å². The van der Waals surface area contributed by atoms with Crippen molar-refractivity contribution in [2.24, 2.45) is 5.92 Å². The van der Waals surface area contributed by atoms with Crippen molar-refractivity contribution in [1.82, 2.24) is 0 Å². The first-order valence-corrected chi connectivity index (χ1v) is 7.61. The summed E-state index contributed by atoms with van der Waals surface area (Å²) in [5.74, 6) is 0.537. The molecule has 0 aliphatic rings. The summed E-state index contributed by atoms with van der Waals surface area (Å²) in [6.45, 7) is 2.16. The van der Waals surface area contributed by atoms with Gasteiger partial charge in [-0.15, -0.1) is 0 Å². The Labute approximate surface area is 127 Å². The molecule has 0 N–H and O–H groups in total. The van der Waals surface area contributed by atoms with Crippen molar-refractivity contribution in [2.75, 3.05) is 0 Å². The van der Waals surface area contributed by atoms with Gasteiger partial charge >= 0.3 is 0 Å². The predicted octanol–water partition coefficient (Wildman–Crippen LogP) is 5.39. The van der Waals surface area contributed by atoms with Gasteiger partial charge in [-0.05, 0) is 17.9 Å². The molecule has 1 atom stereocenters. The van der Waals surface area contributed by atoms with Crippen molar-refractivity contribution in [1.29, 1.82) is 0 Å². The van der Waals surface area contributed by atoms with Gasteiger partial charge in [-0.3, -0.25) is 4.79 Å². The Hall–Kier alpha value is -2.15. The van der Waals surface area contributed by atoms with Crippen molar-refractivity contribution in [2.45, 2.75) is 26.2 Å². The minimum atomic E-state index is 0.228. The lowest BCUT2D eigenvalue weighted by molar-refractivity contribution is 0.0967. The summed E-state index contributed by atoms with van der Waals surface area (Å²) in [7, 11) is 0. The lowest BCUT2D eigenvalue weighted by Crippen LogP contribution is -2.06. The first kappa shape index (κ1) is 15.2. The summed E-state index contributed by atoms with van der Waals surface area (Å²) in [5.41, 5.74) is 2.00. The average Bonchev–Trinajstić information content (AvgIpc) is 2.54. The monoisotopic (exact) mass is 278 g/mol. The maximum atomic E-state index is 12.3. The fourth-order valence-corrected chi connectivity index (χ4v) is 2.43. The Morgan fingerprint density at radius 3 is 2.24 bits per heavy atom. The Kier molecular flexibility index (Phi) is 5.96. The average molecular weight is 278 g/mol. The van der Waals surface area contributed by atoms with E-state index < -0.39 is 0 Å². The molecule has 108 valence electrons. The number of hydrogen-bond donors (Lipinski definition) is 0. The number of ketones is 1. The van der Waals surface area contributed by atoms with Crippen LogP contribution in [0.5, 0.6) is 0 Å². The molecule has 2 aromatic carbocycles. The van der Waals surface area contributed by atoms with E-state index in [-0.39, 0.29) is 5.78 Å². The van der Waals surface area contributed by atoms with Crippen molar-refractivity contribution >= 4 is 11.9 Å². The zero-order valence-electron chi connectivity index (χ0n) is 12.5. The Balaban J connectivity index is 2.02. The highest BCUT2D eigenvalue weighted by molar-refractivity contribution is 5.96. The standard InChI is InChI=1S/C20H22O/c1-2-9-18(15-14-17-10-5-3-6-11-17)16-20(21)19-12-7-4-8-13-19/h3-8,10-15,18H,2,9,16H2,1H3/b15-14+/t18-/m1/s1. The third kappa shape index (κ3) is 5.03. The first-order chi connectivity index (χ1) is 10.3. The molecular weight excluding hydrogens is 256 g/mol. The number of benzene rings is 2. The Morgan fingerprint density at radius 2 is 1.62 bits per heavy atom. The van der Waals surface area contributed by atoms with Crippen LogP contribution in [0.1, 0.15) is 42.1 Å². The second-order valence-electron chi connectivity index (χ2n) is 5.31. The highest BCUT2D eigenvalue weighted by Crippen LogP contribution is 2.18. The summed E-state index contributed by atoms with van der Waals surface area (Å²) in [6, 6.07) is 19.8. The molecule has 0 saturated heterocycles. The van der Waals surface area contributed by atoms with Gasteiger partial charge in [0.25, 0.3) is 0 Å². The van der Waals surface area contributed by atoms with Crippen molar-refractivity contribution in [3.63, 3.8) is 0 Å². The third-order valence-corrected chi connectivity index (χ3v) is 3.56. The van der Waals surface area contributed by atoms with Gasteiger partial charge in [0.1, 0.15) is 0 Å². The minimum absolute atomic E-state index is 0.228. The highest BCUT2D eigenvalue weighted by atomic mass is 16.1. The molecule has 2 rings (SSSR count). The number of hydrogen-bond acceptors (Lipinski definition) is 1. The molecule has 2 aromatic rings. The number of carbonyl (C=O) groups is 1. The van der Waals surface area contributed by atoms with Crippen LogP contribution in [0.3, 0.4) is 0 Å². The molecule has 1 heteroatoms. The van der Waals surface area contributed by atoms with Crippen LogP contribution < -0.4 is 0 Å². The van der Waals surface area contributed by atoms with Gasteiger partial charge in [0.15, 0.2) is 5.78 Å². The van der Waals surface area contributed by atoms with E-state index in [1.807, 2.05) is 48.5 Å². The number of carbonyl (C=O) groups excluding carboxylic acids is 1. The van der Waals surface area contributed by atoms with Crippen LogP contribution in [-0.4, -0.2) is 5.78 Å². The largest absolute Gasteiger partial charge is 0.294 e. The van der Waals surface area contributed by atoms with E-state index in [2.05, 4.69) is 31.2 Å². The third-order valence-electron chi connectivity index (χ3n) is 3.56. The zero-order chi connectivity index (χ0) is 14.9. The zero-order valence-corrected chi connectivity index (χ0v) is 12.5. The van der Waals surface area contributed by atoms with Crippen LogP contribution >= 0.6 is 0 Å². The fraction of sp³-hybridized carbons (Fsp3) is 0.250. The molecule has 0 unspecified atom stereocenters. The normalized spacial score (nSPS) is 12.4. The molecule has 1 nitrogen and oxygen atoms in total. The van der Waals surface area contributed by atoms with E-state index in [0.717, 1.165) is 18.4 Å². The Morgan fingerprint density at radius 1 is 1.00 bits per heavy atom. The quantitative estimate of drug-likeness (QED) is 0.621. The summed E-state index contributed by atoms with van der Waals surface area (Å²) in [6.07, 6.45) is 7.02. The van der Waals surface area contributed by atoms with Gasteiger partial charge in [-0.25, -0.2) is 0 Å². The predicted molar refractivity (Wildman–Crippen MR) is 89.3 cm³/mol. The van der Waals surface area contributed by atoms with E-state index in [1.54, 1.807) is 0 Å². The highest BCUT2D eigenvalue weighted by Gasteiger charge is 2.12. The van der Waals surface area contributed by atoms with Crippen LogP contribution in [0.4, 0.5) is 0 Å². The van der Waals surface area contributed by atoms with Crippen LogP contribution in [0.2, 0.25) is 0 Å². The van der Waals surface area contributed by atoms with Gasteiger partial charge in [-0.1, -0.05) is 86.2 Å². The molecule has 0 radical (unpaired) electrons. The Bertz CT molecular complexity index is 569. The SMILES string of the molecule is CCC[C@H](/C=C/c1ccccc1)CC(=O)c1ccccc1. The molecule has 0 aliphatic heterocycles. The smallest absolute Gasteiger partial charge is 0.163 e. The number of Topliss-reactive ketones (excluding diaryl/α,β-unsaturated/α-hetero) is 1. The molecule has 21 heavy (non-hydrogen) atoms. The van der Waals surface area contributed by atoms with Crippen LogP contribution in [0.25, 0.3) is 6.08 Å². The molecule has 0 fully saturated rings. The van der Waals surface area contributed by atoms with Gasteiger partial charge in [-0.2, -0.15) is 0 Å². The second kappa shape index (κ2) is 8.21. The number of allylic oxidation sites excluding steroid dienone is 1. The fourth-order valence-electron chi connectivity index (χ4n) is 2.43. The molecule has 0 aromatic heterocycles. The van der Waals surface area contributed by atoms with Gasteiger partial charge in [0.05, 0.1) is 0 Å². The topological polar surface area (TPSA) is 17.1 Å². The van der Waals surface area contributed by atoms with Crippen LogP contribution in [0.15, 0.2) is 66.7 Å². The molecule has 0 amide bonds. The van der Waals surface area contributed by atoms with Gasteiger partial charge < -0.3 is 0 Å². The first-order valence-electron chi connectivity index (χ1n) is 7.61. The minimum Gasteiger partial charge on any atom is -0.294 e. The van der Waals surface area contributed by atoms with Crippen molar-refractivity contribution in [3.05, 3.63) is 77.9 Å². The molecule has 0 aliphatic carbocycles. The maximum absolute atomic E-state index is 12.3. The van der Waals surface area contributed by atoms with Crippen LogP contribution in [-0.2, 0) is 0 Å². The van der Waals surface area contributed by atoms with Gasteiger partial charge in [0, 0.05) is 12.0 Å². The molecule has 0 spiro atoms. The molecule has 0 heterocycles. The summed E-state index contributed by atoms with van der Waals surface area (Å²) < 4.78 is 0. The van der Waals surface area contributed by atoms with E-state index in [4.69, 9.17) is 0 Å². The van der Waals surface area contributed by atoms with Crippen molar-refractivity contribution < 1.29 is 4.79 Å². The second-order valence-corrected chi connectivity index (χ2v) is 5.31. The molecular formula is C20H22O. The van der Waals surface area contributed by atoms with Crippen molar-refractivity contribution in [3.8, 4) is 0 Å². The van der Waals surface area contributed by atoms with E-state index in [9.17, 15) is 4.79 Å². The lowest BCUT2D eigenvalue weighted by atomic mass is 9.93. The maximum Gasteiger partial charge on any atom is 0.163 e. The van der Waals surface area contributed by atoms with Crippen LogP contribution in [0, 0.1) is 5.92 Å². The number of rotatable bonds is 7. The van der Waals surface area contributed by atoms with E-state index >= 15 is 0 Å². The lowest BCUT2D eigenvalue weighted by Gasteiger charge is -2.11.